The largest absolute Gasteiger partial charge is 0.465 e. The molecule has 23 heavy (non-hydrogen) atoms. The van der Waals surface area contributed by atoms with E-state index in [1.807, 2.05) is 18.2 Å². The van der Waals surface area contributed by atoms with Gasteiger partial charge < -0.3 is 14.2 Å². The molecule has 2 aromatic heterocycles. The molecule has 1 aromatic carbocycles. The number of nitrogens with zero attached hydrogens (tertiary/aromatic N) is 2. The van der Waals surface area contributed by atoms with Crippen LogP contribution in [0.25, 0.3) is 0 Å². The van der Waals surface area contributed by atoms with E-state index in [1.165, 1.54) is 11.2 Å². The van der Waals surface area contributed by atoms with E-state index in [2.05, 4.69) is 10.4 Å². The van der Waals surface area contributed by atoms with Gasteiger partial charge in [-0.3, -0.25) is 4.79 Å². The summed E-state index contributed by atoms with van der Waals surface area (Å²) in [5.41, 5.74) is 1.32. The minimum absolute atomic E-state index is 0.205. The van der Waals surface area contributed by atoms with E-state index in [9.17, 15) is 4.79 Å². The zero-order valence-corrected chi connectivity index (χ0v) is 12.0. The molecule has 0 fully saturated rings. The summed E-state index contributed by atoms with van der Waals surface area (Å²) in [5, 5.41) is 8.91. The number of amides is 1. The van der Waals surface area contributed by atoms with E-state index in [0.29, 0.717) is 17.1 Å². The summed E-state index contributed by atoms with van der Waals surface area (Å²) in [7, 11) is 0. The van der Waals surface area contributed by atoms with Crippen molar-refractivity contribution >= 4 is 17.8 Å². The number of hydrazone groups is 1. The highest BCUT2D eigenvalue weighted by Gasteiger charge is 2.34. The number of para-hydroxylation sites is 1. The van der Waals surface area contributed by atoms with Crippen LogP contribution in [0.3, 0.4) is 0 Å². The Kier molecular flexibility index (Phi) is 3.20. The summed E-state index contributed by atoms with van der Waals surface area (Å²) in [6.45, 7) is 0. The highest BCUT2D eigenvalue weighted by Crippen LogP contribution is 2.33. The van der Waals surface area contributed by atoms with Gasteiger partial charge in [0.05, 0.1) is 24.3 Å². The number of fused-ring (bicyclic) bond motifs is 1. The minimum Gasteiger partial charge on any atom is -0.465 e. The van der Waals surface area contributed by atoms with Gasteiger partial charge in [0, 0.05) is 5.69 Å². The summed E-state index contributed by atoms with van der Waals surface area (Å²) in [6, 6.07) is 14.4. The standard InChI is InChI=1S/C17H13N3O3/c21-17-13-6-1-2-7-14(13)19-16(15-8-4-10-23-15)20(17)18-11-12-5-3-9-22-12/h1-11,16,19H/b18-11-/t16-/m1/s1. The summed E-state index contributed by atoms with van der Waals surface area (Å²) >= 11 is 0. The Bertz CT molecular complexity index is 838. The van der Waals surface area contributed by atoms with Gasteiger partial charge in [0.2, 0.25) is 0 Å². The van der Waals surface area contributed by atoms with Gasteiger partial charge in [-0.25, -0.2) is 0 Å². The molecular formula is C17H13N3O3. The number of anilines is 1. The van der Waals surface area contributed by atoms with E-state index in [-0.39, 0.29) is 5.91 Å². The molecule has 114 valence electrons. The van der Waals surface area contributed by atoms with Crippen LogP contribution >= 0.6 is 0 Å². The molecule has 1 aliphatic rings. The summed E-state index contributed by atoms with van der Waals surface area (Å²) in [5.74, 6) is 0.961. The van der Waals surface area contributed by atoms with E-state index in [0.717, 1.165) is 5.69 Å². The number of benzene rings is 1. The van der Waals surface area contributed by atoms with Gasteiger partial charge in [-0.15, -0.1) is 0 Å². The van der Waals surface area contributed by atoms with Gasteiger partial charge in [0.15, 0.2) is 6.17 Å². The molecule has 1 amide bonds. The minimum atomic E-state index is -0.515. The molecule has 4 rings (SSSR count). The molecule has 0 aliphatic carbocycles. The highest BCUT2D eigenvalue weighted by atomic mass is 16.3. The van der Waals surface area contributed by atoms with Crippen molar-refractivity contribution in [1.29, 1.82) is 0 Å². The number of hydrogen-bond donors (Lipinski definition) is 1. The van der Waals surface area contributed by atoms with Crippen LogP contribution in [0, 0.1) is 0 Å². The van der Waals surface area contributed by atoms with Crippen molar-refractivity contribution in [2.75, 3.05) is 5.32 Å². The van der Waals surface area contributed by atoms with Gasteiger partial charge in [0.25, 0.3) is 5.91 Å². The SMILES string of the molecule is O=C1c2ccccc2N[C@@H](c2ccco2)N1/N=C\c1ccco1. The van der Waals surface area contributed by atoms with Crippen LogP contribution in [-0.4, -0.2) is 17.1 Å². The predicted octanol–water partition coefficient (Wildman–Crippen LogP) is 3.47. The molecule has 3 aromatic rings. The molecule has 1 aliphatic heterocycles. The Balaban J connectivity index is 1.75. The van der Waals surface area contributed by atoms with Gasteiger partial charge in [-0.1, -0.05) is 12.1 Å². The molecule has 1 N–H and O–H groups in total. The van der Waals surface area contributed by atoms with Gasteiger partial charge in [0.1, 0.15) is 11.5 Å². The summed E-state index contributed by atoms with van der Waals surface area (Å²) < 4.78 is 10.7. The van der Waals surface area contributed by atoms with E-state index in [4.69, 9.17) is 8.83 Å². The van der Waals surface area contributed by atoms with E-state index in [1.54, 1.807) is 42.9 Å². The van der Waals surface area contributed by atoms with Gasteiger partial charge in [-0.05, 0) is 36.4 Å². The fraction of sp³-hybridized carbons (Fsp3) is 0.0588. The average Bonchev–Trinajstić information content (AvgIpc) is 3.27. The summed E-state index contributed by atoms with van der Waals surface area (Å²) in [4.78, 5) is 12.8. The molecule has 0 saturated carbocycles. The third kappa shape index (κ3) is 2.40. The first-order valence-corrected chi connectivity index (χ1v) is 7.13. The molecule has 0 bridgehead atoms. The van der Waals surface area contributed by atoms with Crippen molar-refractivity contribution < 1.29 is 13.6 Å². The van der Waals surface area contributed by atoms with Crippen LogP contribution in [0.4, 0.5) is 5.69 Å². The molecule has 1 atom stereocenters. The van der Waals surface area contributed by atoms with E-state index < -0.39 is 6.17 Å². The fourth-order valence-electron chi connectivity index (χ4n) is 2.49. The monoisotopic (exact) mass is 307 g/mol. The maximum absolute atomic E-state index is 12.8. The van der Waals surface area contributed by atoms with Crippen LogP contribution < -0.4 is 5.32 Å². The smallest absolute Gasteiger partial charge is 0.278 e. The van der Waals surface area contributed by atoms with Crippen molar-refractivity contribution in [2.45, 2.75) is 6.17 Å². The fourth-order valence-corrected chi connectivity index (χ4v) is 2.49. The summed E-state index contributed by atoms with van der Waals surface area (Å²) in [6.07, 6.45) is 4.11. The maximum atomic E-state index is 12.8. The predicted molar refractivity (Wildman–Crippen MR) is 84.0 cm³/mol. The molecule has 6 heteroatoms. The lowest BCUT2D eigenvalue weighted by atomic mass is 10.1. The number of rotatable bonds is 3. The Hall–Kier alpha value is -3.28. The maximum Gasteiger partial charge on any atom is 0.278 e. The zero-order chi connectivity index (χ0) is 15.6. The molecule has 6 nitrogen and oxygen atoms in total. The normalized spacial score (nSPS) is 17.3. The third-order valence-electron chi connectivity index (χ3n) is 3.57. The van der Waals surface area contributed by atoms with Crippen molar-refractivity contribution in [3.8, 4) is 0 Å². The third-order valence-corrected chi connectivity index (χ3v) is 3.57. The van der Waals surface area contributed by atoms with E-state index >= 15 is 0 Å². The number of furan rings is 2. The Morgan fingerprint density at radius 3 is 2.65 bits per heavy atom. The van der Waals surface area contributed by atoms with Crippen molar-refractivity contribution in [2.24, 2.45) is 5.10 Å². The first-order chi connectivity index (χ1) is 11.3. The molecule has 0 spiro atoms. The lowest BCUT2D eigenvalue weighted by Gasteiger charge is -2.32. The number of nitrogens with one attached hydrogen (secondary N) is 1. The number of hydrogen-bond acceptors (Lipinski definition) is 5. The Labute approximate surface area is 132 Å². The van der Waals surface area contributed by atoms with Crippen LogP contribution in [0.15, 0.2) is 75.0 Å². The molecule has 0 saturated heterocycles. The lowest BCUT2D eigenvalue weighted by Crippen LogP contribution is -2.39. The zero-order valence-electron chi connectivity index (χ0n) is 12.0. The van der Waals surface area contributed by atoms with Crippen molar-refractivity contribution in [3.05, 3.63) is 78.1 Å². The first-order valence-electron chi connectivity index (χ1n) is 7.13. The second kappa shape index (κ2) is 5.49. The Morgan fingerprint density at radius 1 is 1.04 bits per heavy atom. The van der Waals surface area contributed by atoms with Crippen LogP contribution in [0.5, 0.6) is 0 Å². The first kappa shape index (κ1) is 13.4. The van der Waals surface area contributed by atoms with Crippen molar-refractivity contribution in [1.82, 2.24) is 5.01 Å². The Morgan fingerprint density at radius 2 is 1.87 bits per heavy atom. The van der Waals surface area contributed by atoms with Gasteiger partial charge in [-0.2, -0.15) is 10.1 Å². The second-order valence-electron chi connectivity index (χ2n) is 5.02. The molecular weight excluding hydrogens is 294 g/mol. The number of carbonyl (C=O) groups excluding carboxylic acids is 1. The molecule has 0 unspecified atom stereocenters. The van der Waals surface area contributed by atoms with Crippen LogP contribution in [0.1, 0.15) is 28.0 Å². The van der Waals surface area contributed by atoms with Crippen molar-refractivity contribution in [3.63, 3.8) is 0 Å². The molecule has 0 radical (unpaired) electrons. The van der Waals surface area contributed by atoms with Crippen LogP contribution in [-0.2, 0) is 0 Å². The number of carbonyl (C=O) groups is 1. The lowest BCUT2D eigenvalue weighted by molar-refractivity contribution is 0.0671. The quantitative estimate of drug-likeness (QED) is 0.752. The topological polar surface area (TPSA) is 71.0 Å². The average molecular weight is 307 g/mol. The van der Waals surface area contributed by atoms with Gasteiger partial charge >= 0.3 is 0 Å². The molecule has 3 heterocycles. The highest BCUT2D eigenvalue weighted by molar-refractivity contribution is 6.01. The van der Waals surface area contributed by atoms with Crippen LogP contribution in [0.2, 0.25) is 0 Å². The second-order valence-corrected chi connectivity index (χ2v) is 5.02.